The molecule has 12 nitrogen and oxygen atoms in total. The van der Waals surface area contributed by atoms with Crippen LogP contribution in [0.1, 0.15) is 290 Å². The van der Waals surface area contributed by atoms with Crippen LogP contribution >= 0.6 is 0 Å². The molecule has 92 heavy (non-hydrogen) atoms. The van der Waals surface area contributed by atoms with Gasteiger partial charge in [0.2, 0.25) is 35.4 Å². The molecule has 3 rings (SSSR count). The predicted octanol–water partition coefficient (Wildman–Crippen LogP) is 18.7. The van der Waals surface area contributed by atoms with Crippen LogP contribution in [0.3, 0.4) is 0 Å². The predicted molar refractivity (Wildman–Crippen MR) is 397 cm³/mol. The molecule has 534 valence electrons. The van der Waals surface area contributed by atoms with Crippen LogP contribution in [-0.2, 0) is 28.8 Å². The van der Waals surface area contributed by atoms with Crippen molar-refractivity contribution in [2.75, 3.05) is 0 Å². The molecule has 3 aliphatic carbocycles. The van der Waals surface area contributed by atoms with Gasteiger partial charge >= 0.3 is 0 Å². The molecular formula is C80H148N6O6. The quantitative estimate of drug-likeness (QED) is 0.0470. The van der Waals surface area contributed by atoms with E-state index >= 15 is 0 Å². The lowest BCUT2D eigenvalue weighted by atomic mass is 9.78. The highest BCUT2D eigenvalue weighted by molar-refractivity contribution is 5.82. The minimum atomic E-state index is -0.165. The number of hydrogen-bond acceptors (Lipinski definition) is 6. The van der Waals surface area contributed by atoms with Crippen molar-refractivity contribution in [2.24, 2.45) is 75.9 Å². The van der Waals surface area contributed by atoms with Gasteiger partial charge in [-0.25, -0.2) is 0 Å². The van der Waals surface area contributed by atoms with Crippen molar-refractivity contribution >= 4 is 35.4 Å². The Hall–Kier alpha value is -4.74. The first-order valence-electron chi connectivity index (χ1n) is 35.2. The second kappa shape index (κ2) is 41.9. The van der Waals surface area contributed by atoms with Crippen LogP contribution in [0.5, 0.6) is 0 Å². The second-order valence-electron chi connectivity index (χ2n) is 35.8. The molecule has 3 fully saturated rings. The van der Waals surface area contributed by atoms with Crippen LogP contribution in [0.4, 0.5) is 0 Å². The molecule has 0 aromatic rings. The van der Waals surface area contributed by atoms with E-state index in [-0.39, 0.29) is 115 Å². The fourth-order valence-corrected chi connectivity index (χ4v) is 10.4. The molecule has 3 saturated carbocycles. The van der Waals surface area contributed by atoms with E-state index < -0.39 is 0 Å². The summed E-state index contributed by atoms with van der Waals surface area (Å²) >= 11 is 0. The van der Waals surface area contributed by atoms with Crippen molar-refractivity contribution in [1.29, 1.82) is 0 Å². The maximum atomic E-state index is 12.1. The van der Waals surface area contributed by atoms with Gasteiger partial charge in [-0.1, -0.05) is 131 Å². The number of carbonyl (C=O) groups excluding carboxylic acids is 6. The van der Waals surface area contributed by atoms with E-state index in [9.17, 15) is 28.8 Å². The van der Waals surface area contributed by atoms with Gasteiger partial charge in [-0.2, -0.15) is 0 Å². The molecule has 6 amide bonds. The number of nitrogens with one attached hydrogen (secondary N) is 6. The number of allylic oxidation sites excluding steroid dienone is 6. The van der Waals surface area contributed by atoms with Crippen LogP contribution in [0.25, 0.3) is 0 Å². The molecule has 0 aromatic heterocycles. The number of amides is 6. The van der Waals surface area contributed by atoms with Crippen LogP contribution < -0.4 is 31.9 Å². The van der Waals surface area contributed by atoms with E-state index in [1.165, 1.54) is 38.5 Å². The molecule has 0 spiro atoms. The normalized spacial score (nSPS) is 17.7. The monoisotopic (exact) mass is 1290 g/mol. The first-order valence-corrected chi connectivity index (χ1v) is 35.2. The Morgan fingerprint density at radius 1 is 0.380 bits per heavy atom. The smallest absolute Gasteiger partial charge is 0.224 e. The number of carbonyl (C=O) groups is 6. The third kappa shape index (κ3) is 50.7. The first kappa shape index (κ1) is 91.5. The summed E-state index contributed by atoms with van der Waals surface area (Å²) in [6, 6.07) is 0. The summed E-state index contributed by atoms with van der Waals surface area (Å²) in [7, 11) is 0. The van der Waals surface area contributed by atoms with Crippen LogP contribution in [0, 0.1) is 75.9 Å². The highest BCUT2D eigenvalue weighted by Gasteiger charge is 2.37. The Morgan fingerprint density at radius 3 is 0.891 bits per heavy atom. The van der Waals surface area contributed by atoms with Crippen LogP contribution in [0.15, 0.2) is 75.9 Å². The van der Waals surface area contributed by atoms with Gasteiger partial charge in [-0.3, -0.25) is 28.8 Å². The number of hydrogen-bond donors (Lipinski definition) is 6. The van der Waals surface area contributed by atoms with Crippen molar-refractivity contribution in [3.63, 3.8) is 0 Å². The maximum Gasteiger partial charge on any atom is 0.224 e. The third-order valence-corrected chi connectivity index (χ3v) is 15.5. The van der Waals surface area contributed by atoms with Crippen molar-refractivity contribution in [1.82, 2.24) is 31.9 Å². The average molecular weight is 1290 g/mol. The summed E-state index contributed by atoms with van der Waals surface area (Å²) in [5.41, 5.74) is -0.713. The standard InChI is InChI=1S/2C14H25NO.C14H27NO.C13H23NO.C13H25NO.C12H23NO/c1-6-7-11(9-12-8-10(12)2)13(16)15-14(3,4)5;1-5-7-12(10-11-8-6-9-11)13(16)15-14(2,3)4;1-8-9-11(10-13(2,3)4)12(16)15-14(5,6)7;1-5-6-11(9-10-7-8-10)12(15)14-13(2,3)4;1-8-9-10(12(2,3)4)11(15)14-13(5,6)7;1-7-8-10(9(2)3)11(14)13-12(4,5)6/h6,10-12H,1,7-9H2,2-5H3,(H,15,16);5,11-12H,1,6-10H2,2-4H3,(H,15,16);8,11H,1,9-10H2,2-7H3,(H,15,16);5,10-11H,1,6-9H2,2-4H3,(H,14,15);8,10H,1,9H2,2-7H3,(H,14,15);7,9-10H,1,8H2,2-6H3,(H,13,14). The molecule has 6 N–H and O–H groups in total. The zero-order chi connectivity index (χ0) is 72.6. The summed E-state index contributed by atoms with van der Waals surface area (Å²) < 4.78 is 0. The van der Waals surface area contributed by atoms with Gasteiger partial charge in [-0.15, -0.1) is 39.5 Å². The summed E-state index contributed by atoms with van der Waals surface area (Å²) in [6.45, 7) is 77.7. The molecule has 0 saturated heterocycles. The Morgan fingerprint density at radius 2 is 0.652 bits per heavy atom. The minimum absolute atomic E-state index is 0.00535. The van der Waals surface area contributed by atoms with Crippen molar-refractivity contribution in [3.8, 4) is 0 Å². The third-order valence-electron chi connectivity index (χ3n) is 15.5. The molecule has 0 aliphatic heterocycles. The van der Waals surface area contributed by atoms with Crippen LogP contribution in [-0.4, -0.2) is 68.7 Å². The Kier molecular flexibility index (Phi) is 41.7. The van der Waals surface area contributed by atoms with Gasteiger partial charge in [0.25, 0.3) is 0 Å². The molecule has 8 unspecified atom stereocenters. The zero-order valence-electron chi connectivity index (χ0n) is 64.8. The lowest BCUT2D eigenvalue weighted by Gasteiger charge is -2.32. The van der Waals surface area contributed by atoms with Gasteiger partial charge in [0.05, 0.1) is 0 Å². The van der Waals surface area contributed by atoms with E-state index in [1.54, 1.807) is 0 Å². The first-order chi connectivity index (χ1) is 41.6. The zero-order valence-corrected chi connectivity index (χ0v) is 64.8. The topological polar surface area (TPSA) is 175 Å². The average Bonchev–Trinajstić information content (AvgIpc) is 1.88. The number of rotatable bonds is 26. The van der Waals surface area contributed by atoms with E-state index in [2.05, 4.69) is 134 Å². The molecule has 0 bridgehead atoms. The molecule has 0 aromatic carbocycles. The van der Waals surface area contributed by atoms with Crippen molar-refractivity contribution < 1.29 is 28.8 Å². The Balaban J connectivity index is -0.00000103. The van der Waals surface area contributed by atoms with Gasteiger partial charge in [0, 0.05) is 68.7 Å². The van der Waals surface area contributed by atoms with Crippen molar-refractivity contribution in [2.45, 2.75) is 323 Å². The Bertz CT molecular complexity index is 2190. The summed E-state index contributed by atoms with van der Waals surface area (Å²) in [5, 5.41) is 18.2. The molecule has 8 atom stereocenters. The fourth-order valence-electron chi connectivity index (χ4n) is 10.4. The second-order valence-corrected chi connectivity index (χ2v) is 35.8. The van der Waals surface area contributed by atoms with Crippen molar-refractivity contribution in [3.05, 3.63) is 75.9 Å². The molecular weight excluding hydrogens is 1140 g/mol. The van der Waals surface area contributed by atoms with E-state index in [4.69, 9.17) is 0 Å². The van der Waals surface area contributed by atoms with Crippen LogP contribution in [0.2, 0.25) is 0 Å². The van der Waals surface area contributed by atoms with E-state index in [0.29, 0.717) is 5.92 Å². The summed E-state index contributed by atoms with van der Waals surface area (Å²) in [5.74, 6) is 4.92. The lowest BCUT2D eigenvalue weighted by Crippen LogP contribution is -2.46. The minimum Gasteiger partial charge on any atom is -0.351 e. The largest absolute Gasteiger partial charge is 0.351 e. The van der Waals surface area contributed by atoms with Gasteiger partial charge in [0.15, 0.2) is 0 Å². The summed E-state index contributed by atoms with van der Waals surface area (Å²) in [6.07, 6.45) is 27.5. The highest BCUT2D eigenvalue weighted by atomic mass is 16.2. The van der Waals surface area contributed by atoms with E-state index in [0.717, 1.165) is 87.9 Å². The lowest BCUT2D eigenvalue weighted by molar-refractivity contribution is -0.130. The SMILES string of the molecule is C=CCC(C(=O)NC(C)(C)C)C(C)(C)C.C=CCC(C(=O)NC(C)(C)C)C(C)C.C=CCC(CC(C)(C)C)C(=O)NC(C)(C)C.C=CCC(CC1CC1)C(=O)NC(C)(C)C.C=CCC(CC1CC1C)C(=O)NC(C)(C)C.C=CCC(CC1CCC1)C(=O)NC(C)(C)C. The van der Waals surface area contributed by atoms with Gasteiger partial charge in [0.1, 0.15) is 0 Å². The molecule has 3 aliphatic rings. The maximum absolute atomic E-state index is 12.1. The van der Waals surface area contributed by atoms with E-state index in [1.807, 2.05) is 161 Å². The molecule has 0 radical (unpaired) electrons. The Labute approximate surface area is 568 Å². The molecule has 12 heteroatoms. The summed E-state index contributed by atoms with van der Waals surface area (Å²) in [4.78, 5) is 72.0. The van der Waals surface area contributed by atoms with Gasteiger partial charge in [-0.05, 0) is 236 Å². The fraction of sp³-hybridized carbons (Fsp3) is 0.775. The van der Waals surface area contributed by atoms with Gasteiger partial charge < -0.3 is 31.9 Å². The molecule has 0 heterocycles. The highest BCUT2D eigenvalue weighted by Crippen LogP contribution is 2.43.